The highest BCUT2D eigenvalue weighted by atomic mass is 19.2. The molecule has 0 aliphatic heterocycles. The number of halogens is 4. The van der Waals surface area contributed by atoms with Crippen LogP contribution in [0, 0.1) is 23.3 Å². The van der Waals surface area contributed by atoms with Gasteiger partial charge in [0.05, 0.1) is 5.56 Å². The molecule has 1 aromatic heterocycles. The number of nitrogens with zero attached hydrogens (tertiary/aromatic N) is 1. The molecule has 2 rings (SSSR count). The maximum Gasteiger partial charge on any atom is 0.168 e. The Morgan fingerprint density at radius 1 is 0.944 bits per heavy atom. The largest absolute Gasteiger partial charge is 0.383 e. The van der Waals surface area contributed by atoms with Crippen LogP contribution in [-0.2, 0) is 0 Å². The average molecular weight is 257 g/mol. The number of aliphatic hydroxyl groups is 1. The topological polar surface area (TPSA) is 33.1 Å². The summed E-state index contributed by atoms with van der Waals surface area (Å²) in [6.07, 6.45) is 0.756. The fourth-order valence-electron chi connectivity index (χ4n) is 1.54. The van der Waals surface area contributed by atoms with Crippen LogP contribution in [0.4, 0.5) is 17.6 Å². The highest BCUT2D eigenvalue weighted by molar-refractivity contribution is 5.32. The molecule has 0 amide bonds. The van der Waals surface area contributed by atoms with Crippen LogP contribution in [0.1, 0.15) is 17.2 Å². The maximum absolute atomic E-state index is 13.4. The lowest BCUT2D eigenvalue weighted by atomic mass is 10.0. The van der Waals surface area contributed by atoms with Gasteiger partial charge in [-0.25, -0.2) is 17.6 Å². The molecule has 1 aromatic carbocycles. The Balaban J connectivity index is 2.58. The minimum absolute atomic E-state index is 0.0767. The average Bonchev–Trinajstić information content (AvgIpc) is 2.37. The van der Waals surface area contributed by atoms with Crippen LogP contribution in [0.5, 0.6) is 0 Å². The van der Waals surface area contributed by atoms with Gasteiger partial charge < -0.3 is 5.11 Å². The second kappa shape index (κ2) is 4.73. The van der Waals surface area contributed by atoms with E-state index in [2.05, 4.69) is 4.98 Å². The van der Waals surface area contributed by atoms with Gasteiger partial charge in [-0.05, 0) is 17.7 Å². The molecule has 18 heavy (non-hydrogen) atoms. The number of aromatic nitrogens is 1. The van der Waals surface area contributed by atoms with Crippen molar-refractivity contribution >= 4 is 0 Å². The van der Waals surface area contributed by atoms with Crippen LogP contribution in [-0.4, -0.2) is 10.1 Å². The van der Waals surface area contributed by atoms with Gasteiger partial charge in [0, 0.05) is 18.5 Å². The molecule has 0 fully saturated rings. The van der Waals surface area contributed by atoms with Crippen molar-refractivity contribution in [3.05, 3.63) is 65.0 Å². The smallest absolute Gasteiger partial charge is 0.168 e. The molecule has 0 bridgehead atoms. The molecule has 1 N–H and O–H groups in total. The number of rotatable bonds is 2. The van der Waals surface area contributed by atoms with Crippen LogP contribution in [0.25, 0.3) is 0 Å². The monoisotopic (exact) mass is 257 g/mol. The van der Waals surface area contributed by atoms with Crippen LogP contribution in [0.3, 0.4) is 0 Å². The third-order valence-corrected chi connectivity index (χ3v) is 2.44. The van der Waals surface area contributed by atoms with Crippen LogP contribution < -0.4 is 0 Å². The van der Waals surface area contributed by atoms with Crippen molar-refractivity contribution in [2.75, 3.05) is 0 Å². The zero-order valence-corrected chi connectivity index (χ0v) is 8.87. The van der Waals surface area contributed by atoms with Gasteiger partial charge in [-0.15, -0.1) is 0 Å². The molecule has 0 aliphatic rings. The minimum atomic E-state index is -1.81. The second-order valence-electron chi connectivity index (χ2n) is 3.56. The SMILES string of the molecule is OC(c1ccncc1)c1c(F)c(F)cc(F)c1F. The van der Waals surface area contributed by atoms with Crippen molar-refractivity contribution in [1.82, 2.24) is 4.98 Å². The summed E-state index contributed by atoms with van der Waals surface area (Å²) in [5.74, 6) is -6.34. The van der Waals surface area contributed by atoms with E-state index in [0.29, 0.717) is 0 Å². The molecule has 94 valence electrons. The van der Waals surface area contributed by atoms with Gasteiger partial charge in [0.1, 0.15) is 6.10 Å². The van der Waals surface area contributed by atoms with Gasteiger partial charge in [-0.1, -0.05) is 0 Å². The summed E-state index contributed by atoms with van der Waals surface area (Å²) in [5, 5.41) is 9.76. The first-order valence-corrected chi connectivity index (χ1v) is 4.93. The summed E-state index contributed by atoms with van der Waals surface area (Å²) < 4.78 is 52.8. The van der Waals surface area contributed by atoms with Crippen molar-refractivity contribution in [2.24, 2.45) is 0 Å². The molecule has 0 spiro atoms. The van der Waals surface area contributed by atoms with Crippen molar-refractivity contribution < 1.29 is 22.7 Å². The molecule has 1 atom stereocenters. The van der Waals surface area contributed by atoms with E-state index in [1.807, 2.05) is 0 Å². The number of pyridine rings is 1. The van der Waals surface area contributed by atoms with Crippen LogP contribution in [0.2, 0.25) is 0 Å². The normalized spacial score (nSPS) is 12.5. The van der Waals surface area contributed by atoms with Crippen LogP contribution in [0.15, 0.2) is 30.6 Å². The number of hydrogen-bond donors (Lipinski definition) is 1. The second-order valence-corrected chi connectivity index (χ2v) is 3.56. The van der Waals surface area contributed by atoms with E-state index < -0.39 is 34.9 Å². The Bertz CT molecular complexity index is 548. The summed E-state index contributed by atoms with van der Waals surface area (Å²) in [6, 6.07) is 2.66. The van der Waals surface area contributed by atoms with E-state index in [-0.39, 0.29) is 11.6 Å². The third kappa shape index (κ3) is 2.06. The summed E-state index contributed by atoms with van der Waals surface area (Å²) in [5.41, 5.74) is -0.980. The van der Waals surface area contributed by atoms with E-state index in [1.54, 1.807) is 0 Å². The van der Waals surface area contributed by atoms with Gasteiger partial charge in [0.2, 0.25) is 0 Å². The zero-order chi connectivity index (χ0) is 13.3. The van der Waals surface area contributed by atoms with Gasteiger partial charge >= 0.3 is 0 Å². The lowest BCUT2D eigenvalue weighted by molar-refractivity contribution is 0.205. The molecule has 1 unspecified atom stereocenters. The molecular formula is C12H7F4NO. The fourth-order valence-corrected chi connectivity index (χ4v) is 1.54. The Morgan fingerprint density at radius 2 is 1.44 bits per heavy atom. The van der Waals surface area contributed by atoms with Crippen molar-refractivity contribution in [3.8, 4) is 0 Å². The minimum Gasteiger partial charge on any atom is -0.383 e. The Labute approximate surface area is 99.5 Å². The molecule has 6 heteroatoms. The predicted molar refractivity (Wildman–Crippen MR) is 54.6 cm³/mol. The zero-order valence-electron chi connectivity index (χ0n) is 8.87. The first-order chi connectivity index (χ1) is 8.52. The molecule has 2 aromatic rings. The van der Waals surface area contributed by atoms with Gasteiger partial charge in [-0.2, -0.15) is 0 Å². The van der Waals surface area contributed by atoms with Gasteiger partial charge in [0.25, 0.3) is 0 Å². The van der Waals surface area contributed by atoms with Crippen LogP contribution >= 0.6 is 0 Å². The highest BCUT2D eigenvalue weighted by Crippen LogP contribution is 2.29. The fraction of sp³-hybridized carbons (Fsp3) is 0.0833. The Hall–Kier alpha value is -1.95. The van der Waals surface area contributed by atoms with E-state index in [0.717, 1.165) is 0 Å². The number of hydrogen-bond acceptors (Lipinski definition) is 2. The molecular weight excluding hydrogens is 250 g/mol. The molecule has 0 saturated carbocycles. The van der Waals surface area contributed by atoms with E-state index >= 15 is 0 Å². The van der Waals surface area contributed by atoms with E-state index in [9.17, 15) is 22.7 Å². The van der Waals surface area contributed by atoms with E-state index in [4.69, 9.17) is 0 Å². The summed E-state index contributed by atoms with van der Waals surface area (Å²) in [7, 11) is 0. The predicted octanol–water partition coefficient (Wildman–Crippen LogP) is 2.72. The number of benzene rings is 1. The Morgan fingerprint density at radius 3 is 1.94 bits per heavy atom. The molecule has 0 aliphatic carbocycles. The summed E-state index contributed by atoms with van der Waals surface area (Å²) >= 11 is 0. The molecule has 2 nitrogen and oxygen atoms in total. The standard InChI is InChI=1S/C12H7F4NO/c13-7-5-8(14)11(16)9(10(7)15)12(18)6-1-3-17-4-2-6/h1-5,12,18H. The first kappa shape index (κ1) is 12.5. The third-order valence-electron chi connectivity index (χ3n) is 2.44. The molecule has 0 radical (unpaired) electrons. The lowest BCUT2D eigenvalue weighted by Gasteiger charge is -2.13. The van der Waals surface area contributed by atoms with Crippen molar-refractivity contribution in [2.45, 2.75) is 6.10 Å². The molecule has 1 heterocycles. The number of aliphatic hydroxyl groups excluding tert-OH is 1. The quantitative estimate of drug-likeness (QED) is 0.662. The highest BCUT2D eigenvalue weighted by Gasteiger charge is 2.25. The van der Waals surface area contributed by atoms with Crippen molar-refractivity contribution in [1.29, 1.82) is 0 Å². The van der Waals surface area contributed by atoms with Gasteiger partial charge in [-0.3, -0.25) is 4.98 Å². The van der Waals surface area contributed by atoms with E-state index in [1.165, 1.54) is 24.5 Å². The summed E-state index contributed by atoms with van der Waals surface area (Å²) in [6.45, 7) is 0. The summed E-state index contributed by atoms with van der Waals surface area (Å²) in [4.78, 5) is 3.65. The van der Waals surface area contributed by atoms with Crippen molar-refractivity contribution in [3.63, 3.8) is 0 Å². The lowest BCUT2D eigenvalue weighted by Crippen LogP contribution is -2.09. The molecule has 0 saturated heterocycles. The van der Waals surface area contributed by atoms with Gasteiger partial charge in [0.15, 0.2) is 23.3 Å². The Kier molecular flexibility index (Phi) is 3.29. The maximum atomic E-state index is 13.4. The first-order valence-electron chi connectivity index (χ1n) is 4.93.